The second-order valence-electron chi connectivity index (χ2n) is 7.62. The van der Waals surface area contributed by atoms with Crippen LogP contribution in [0.4, 0.5) is 17.5 Å². The highest BCUT2D eigenvalue weighted by atomic mass is 79.9. The fourth-order valence-electron chi connectivity index (χ4n) is 3.72. The number of aromatic amines is 1. The van der Waals surface area contributed by atoms with E-state index >= 15 is 0 Å². The van der Waals surface area contributed by atoms with Crippen LogP contribution in [0.5, 0.6) is 0 Å². The first-order valence-electron chi connectivity index (χ1n) is 9.66. The summed E-state index contributed by atoms with van der Waals surface area (Å²) in [5.74, 6) is -0.374. The first kappa shape index (κ1) is 19.6. The Morgan fingerprint density at radius 2 is 1.90 bits per heavy atom. The smallest absolute Gasteiger partial charge is 0.258 e. The average molecular weight is 460 g/mol. The van der Waals surface area contributed by atoms with Gasteiger partial charge in [0.1, 0.15) is 5.82 Å². The maximum atomic E-state index is 12.9. The Kier molecular flexibility index (Phi) is 5.40. The highest BCUT2D eigenvalue weighted by Crippen LogP contribution is 2.31. The van der Waals surface area contributed by atoms with Gasteiger partial charge in [0.15, 0.2) is 0 Å². The zero-order chi connectivity index (χ0) is 20.5. The van der Waals surface area contributed by atoms with Crippen LogP contribution < -0.4 is 21.1 Å². The number of halogens is 1. The highest BCUT2D eigenvalue weighted by molar-refractivity contribution is 9.10. The molecule has 0 saturated carbocycles. The molecule has 1 aromatic heterocycles. The van der Waals surface area contributed by atoms with E-state index in [2.05, 4.69) is 43.5 Å². The van der Waals surface area contributed by atoms with Crippen molar-refractivity contribution in [2.75, 3.05) is 28.6 Å². The lowest BCUT2D eigenvalue weighted by Crippen LogP contribution is -2.39. The number of benzene rings is 1. The molecule has 0 radical (unpaired) electrons. The molecule has 2 aliphatic heterocycles. The third-order valence-corrected chi connectivity index (χ3v) is 5.98. The van der Waals surface area contributed by atoms with Gasteiger partial charge in [-0.15, -0.1) is 0 Å². The molecule has 0 bridgehead atoms. The summed E-state index contributed by atoms with van der Waals surface area (Å²) in [5.41, 5.74) is 0.405. The molecule has 29 heavy (non-hydrogen) atoms. The Balaban J connectivity index is 1.62. The number of rotatable bonds is 3. The molecule has 152 valence electrons. The largest absolute Gasteiger partial charge is 0.342 e. The fraction of sp³-hybridized carbons (Fsp3) is 0.400. The van der Waals surface area contributed by atoms with E-state index in [9.17, 15) is 14.4 Å². The third kappa shape index (κ3) is 4.19. The standard InChI is InChI=1S/C20H22BrN5O3/c1-11-6-8-26(9-7-11)20-24-17-16(19(29)25-20)14(10-15(27)23-17)18(28)22-13-4-2-12(21)3-5-13/h2-5,11,14H,6-10H2,1H3,(H,22,28)(H2,23,24,25,27,29). The van der Waals surface area contributed by atoms with E-state index in [1.165, 1.54) is 0 Å². The molecule has 2 aliphatic rings. The zero-order valence-corrected chi connectivity index (χ0v) is 17.6. The SMILES string of the molecule is CC1CCN(c2nc3c(c(=O)[nH]2)C(C(=O)Nc2ccc(Br)cc2)CC(=O)N3)CC1. The lowest BCUT2D eigenvalue weighted by atomic mass is 9.92. The summed E-state index contributed by atoms with van der Waals surface area (Å²) in [7, 11) is 0. The maximum Gasteiger partial charge on any atom is 0.258 e. The minimum absolute atomic E-state index is 0.0965. The van der Waals surface area contributed by atoms with Crippen LogP contribution in [0.1, 0.15) is 37.7 Å². The van der Waals surface area contributed by atoms with Crippen molar-refractivity contribution in [3.63, 3.8) is 0 Å². The minimum Gasteiger partial charge on any atom is -0.342 e. The van der Waals surface area contributed by atoms with Crippen LogP contribution in [0.3, 0.4) is 0 Å². The zero-order valence-electron chi connectivity index (χ0n) is 16.0. The number of aromatic nitrogens is 2. The van der Waals surface area contributed by atoms with E-state index in [4.69, 9.17) is 0 Å². The van der Waals surface area contributed by atoms with Crippen LogP contribution in [-0.4, -0.2) is 34.9 Å². The number of hydrogen-bond donors (Lipinski definition) is 3. The van der Waals surface area contributed by atoms with Crippen LogP contribution in [0.15, 0.2) is 33.5 Å². The van der Waals surface area contributed by atoms with Crippen molar-refractivity contribution in [1.82, 2.24) is 9.97 Å². The maximum absolute atomic E-state index is 12.9. The number of anilines is 3. The summed E-state index contributed by atoms with van der Waals surface area (Å²) in [6.45, 7) is 3.80. The normalized spacial score (nSPS) is 19.4. The van der Waals surface area contributed by atoms with E-state index in [1.54, 1.807) is 24.3 Å². The van der Waals surface area contributed by atoms with Gasteiger partial charge in [-0.25, -0.2) is 0 Å². The molecule has 0 aliphatic carbocycles. The third-order valence-electron chi connectivity index (χ3n) is 5.45. The molecule has 1 fully saturated rings. The second-order valence-corrected chi connectivity index (χ2v) is 8.54. The fourth-order valence-corrected chi connectivity index (χ4v) is 3.98. The molecule has 1 atom stereocenters. The van der Waals surface area contributed by atoms with Gasteiger partial charge in [0.2, 0.25) is 17.8 Å². The van der Waals surface area contributed by atoms with Crippen molar-refractivity contribution in [3.8, 4) is 0 Å². The van der Waals surface area contributed by atoms with Crippen LogP contribution >= 0.6 is 15.9 Å². The Labute approximate surface area is 176 Å². The van der Waals surface area contributed by atoms with Gasteiger partial charge in [0.05, 0.1) is 11.5 Å². The lowest BCUT2D eigenvalue weighted by molar-refractivity contribution is -0.123. The summed E-state index contributed by atoms with van der Waals surface area (Å²) in [5, 5.41) is 5.44. The first-order chi connectivity index (χ1) is 13.9. The molecule has 9 heteroatoms. The summed E-state index contributed by atoms with van der Waals surface area (Å²) < 4.78 is 0.887. The molecule has 3 N–H and O–H groups in total. The van der Waals surface area contributed by atoms with Gasteiger partial charge < -0.3 is 15.5 Å². The van der Waals surface area contributed by atoms with Crippen molar-refractivity contribution in [3.05, 3.63) is 44.7 Å². The van der Waals surface area contributed by atoms with Crippen molar-refractivity contribution >= 4 is 45.2 Å². The van der Waals surface area contributed by atoms with Gasteiger partial charge in [-0.2, -0.15) is 4.98 Å². The number of H-pyrrole nitrogens is 1. The van der Waals surface area contributed by atoms with E-state index in [0.29, 0.717) is 17.6 Å². The molecular weight excluding hydrogens is 438 g/mol. The number of amides is 2. The Bertz CT molecular complexity index is 996. The average Bonchev–Trinajstić information content (AvgIpc) is 2.69. The molecule has 1 unspecified atom stereocenters. The Hall–Kier alpha value is -2.68. The second kappa shape index (κ2) is 7.98. The monoisotopic (exact) mass is 459 g/mol. The van der Waals surface area contributed by atoms with Gasteiger partial charge in [-0.05, 0) is 43.0 Å². The quantitative estimate of drug-likeness (QED) is 0.653. The van der Waals surface area contributed by atoms with Crippen LogP contribution in [0.2, 0.25) is 0 Å². The molecule has 1 aromatic carbocycles. The number of fused-ring (bicyclic) bond motifs is 1. The molecule has 2 amide bonds. The van der Waals surface area contributed by atoms with E-state index < -0.39 is 11.8 Å². The van der Waals surface area contributed by atoms with Crippen LogP contribution in [0.25, 0.3) is 0 Å². The molecule has 3 heterocycles. The number of hydrogen-bond acceptors (Lipinski definition) is 5. The summed E-state index contributed by atoms with van der Waals surface area (Å²) in [6, 6.07) is 7.10. The number of carbonyl (C=O) groups excluding carboxylic acids is 2. The number of piperidine rings is 1. The summed E-state index contributed by atoms with van der Waals surface area (Å²) >= 11 is 3.35. The molecule has 8 nitrogen and oxygen atoms in total. The number of carbonyl (C=O) groups is 2. The Morgan fingerprint density at radius 1 is 1.21 bits per heavy atom. The lowest BCUT2D eigenvalue weighted by Gasteiger charge is -2.31. The van der Waals surface area contributed by atoms with Gasteiger partial charge in [-0.3, -0.25) is 19.4 Å². The first-order valence-corrected chi connectivity index (χ1v) is 10.5. The molecular formula is C20H22BrN5O3. The van der Waals surface area contributed by atoms with Gasteiger partial charge in [0.25, 0.3) is 5.56 Å². The van der Waals surface area contributed by atoms with Crippen LogP contribution in [0, 0.1) is 5.92 Å². The van der Waals surface area contributed by atoms with Gasteiger partial charge >= 0.3 is 0 Å². The van der Waals surface area contributed by atoms with Gasteiger partial charge in [0, 0.05) is 29.7 Å². The minimum atomic E-state index is -0.894. The number of nitrogens with one attached hydrogen (secondary N) is 3. The van der Waals surface area contributed by atoms with Gasteiger partial charge in [-0.1, -0.05) is 22.9 Å². The van der Waals surface area contributed by atoms with E-state index in [0.717, 1.165) is 30.4 Å². The van der Waals surface area contributed by atoms with E-state index in [-0.39, 0.29) is 29.3 Å². The van der Waals surface area contributed by atoms with Crippen molar-refractivity contribution in [2.45, 2.75) is 32.1 Å². The van der Waals surface area contributed by atoms with Crippen molar-refractivity contribution in [2.24, 2.45) is 5.92 Å². The molecule has 4 rings (SSSR count). The van der Waals surface area contributed by atoms with E-state index in [1.807, 2.05) is 4.90 Å². The van der Waals surface area contributed by atoms with Crippen LogP contribution in [-0.2, 0) is 9.59 Å². The molecule has 1 saturated heterocycles. The summed E-state index contributed by atoms with van der Waals surface area (Å²) in [4.78, 5) is 47.2. The summed E-state index contributed by atoms with van der Waals surface area (Å²) in [6.07, 6.45) is 1.94. The predicted octanol–water partition coefficient (Wildman–Crippen LogP) is 2.83. The molecule has 0 spiro atoms. The highest BCUT2D eigenvalue weighted by Gasteiger charge is 2.35. The molecule has 2 aromatic rings. The topological polar surface area (TPSA) is 107 Å². The van der Waals surface area contributed by atoms with Crippen molar-refractivity contribution in [1.29, 1.82) is 0 Å². The predicted molar refractivity (Wildman–Crippen MR) is 114 cm³/mol. The Morgan fingerprint density at radius 3 is 2.59 bits per heavy atom. The van der Waals surface area contributed by atoms with Crippen molar-refractivity contribution < 1.29 is 9.59 Å². The number of nitrogens with zero attached hydrogens (tertiary/aromatic N) is 2.